The monoisotopic (exact) mass is 548 g/mol. The normalized spacial score (nSPS) is 42.6. The van der Waals surface area contributed by atoms with Gasteiger partial charge in [0.15, 0.2) is 6.23 Å². The number of nitrogens with zero attached hydrogens (tertiary/aromatic N) is 1. The van der Waals surface area contributed by atoms with E-state index in [2.05, 4.69) is 9.84 Å². The van der Waals surface area contributed by atoms with Crippen molar-refractivity contribution in [3.8, 4) is 0 Å². The van der Waals surface area contributed by atoms with Crippen molar-refractivity contribution >= 4 is 7.82 Å². The van der Waals surface area contributed by atoms with Crippen molar-refractivity contribution in [1.29, 1.82) is 0 Å². The summed E-state index contributed by atoms with van der Waals surface area (Å²) in [5.41, 5.74) is -1.49. The fourth-order valence-corrected chi connectivity index (χ4v) is 7.08. The Morgan fingerprint density at radius 3 is 2.03 bits per heavy atom. The molecule has 4 aliphatic rings. The molecule has 8 atom stereocenters. The third-order valence-electron chi connectivity index (χ3n) is 8.86. The molecule has 0 aromatic heterocycles. The standard InChI is InChI=1S/C25H45N2O9P/c28-19-18(16-35-37(32,33)34)36-21(20(19)29)27-15-14-24-12-10-8-6-4-2-1-3-5-7-9-11-13-25(27,17-24)23(31)26-22(24)30/h14-15,18-23,26,28-31H,1-13,16-17H2,(H2,32,33,34). The molecule has 37 heavy (non-hydrogen) atoms. The number of hydrogen-bond donors (Lipinski definition) is 7. The van der Waals surface area contributed by atoms with E-state index in [0.717, 1.165) is 38.5 Å². The molecular weight excluding hydrogens is 503 g/mol. The summed E-state index contributed by atoms with van der Waals surface area (Å²) >= 11 is 0. The molecule has 2 saturated heterocycles. The minimum atomic E-state index is -4.79. The molecular formula is C25H45N2O9P. The van der Waals surface area contributed by atoms with Gasteiger partial charge in [0.1, 0.15) is 30.8 Å². The number of phosphoric acid groups is 1. The lowest BCUT2D eigenvalue weighted by Crippen LogP contribution is -2.74. The van der Waals surface area contributed by atoms with Crippen LogP contribution in [0.2, 0.25) is 0 Å². The number of ether oxygens (including phenoxy) is 1. The first-order valence-electron chi connectivity index (χ1n) is 13.9. The molecule has 7 N–H and O–H groups in total. The van der Waals surface area contributed by atoms with Crippen LogP contribution in [0.5, 0.6) is 0 Å². The smallest absolute Gasteiger partial charge is 0.387 e. The van der Waals surface area contributed by atoms with E-state index in [4.69, 9.17) is 14.5 Å². The molecule has 3 fully saturated rings. The van der Waals surface area contributed by atoms with Gasteiger partial charge in [-0.15, -0.1) is 0 Å². The first-order chi connectivity index (χ1) is 17.6. The second-order valence-corrected chi connectivity index (χ2v) is 12.7. The largest absolute Gasteiger partial charge is 0.469 e. The molecule has 0 aromatic carbocycles. The molecule has 0 aromatic rings. The van der Waals surface area contributed by atoms with E-state index in [0.29, 0.717) is 12.8 Å². The van der Waals surface area contributed by atoms with Gasteiger partial charge < -0.3 is 39.8 Å². The Morgan fingerprint density at radius 1 is 0.865 bits per heavy atom. The van der Waals surface area contributed by atoms with Crippen molar-refractivity contribution in [3.63, 3.8) is 0 Å². The molecule has 214 valence electrons. The van der Waals surface area contributed by atoms with Crippen LogP contribution in [0.3, 0.4) is 0 Å². The Morgan fingerprint density at radius 2 is 1.43 bits per heavy atom. The molecule has 0 amide bonds. The van der Waals surface area contributed by atoms with Crippen molar-refractivity contribution in [1.82, 2.24) is 10.2 Å². The molecule has 12 heteroatoms. The zero-order valence-electron chi connectivity index (χ0n) is 21.5. The highest BCUT2D eigenvalue weighted by Gasteiger charge is 2.61. The van der Waals surface area contributed by atoms with Crippen LogP contribution in [0.15, 0.2) is 12.3 Å². The van der Waals surface area contributed by atoms with Gasteiger partial charge in [-0.3, -0.25) is 9.84 Å². The lowest BCUT2D eigenvalue weighted by atomic mass is 9.63. The molecule has 1 aliphatic carbocycles. The minimum Gasteiger partial charge on any atom is -0.387 e. The summed E-state index contributed by atoms with van der Waals surface area (Å²) in [6.45, 7) is -0.590. The summed E-state index contributed by atoms with van der Waals surface area (Å²) in [6, 6.07) is 0. The summed E-state index contributed by atoms with van der Waals surface area (Å²) < 4.78 is 21.6. The van der Waals surface area contributed by atoms with Crippen LogP contribution in [0.4, 0.5) is 0 Å². The van der Waals surface area contributed by atoms with Crippen LogP contribution < -0.4 is 5.32 Å². The highest BCUT2D eigenvalue weighted by molar-refractivity contribution is 7.46. The second kappa shape index (κ2) is 12.3. The predicted molar refractivity (Wildman–Crippen MR) is 135 cm³/mol. The van der Waals surface area contributed by atoms with E-state index in [9.17, 15) is 25.0 Å². The molecule has 8 unspecified atom stereocenters. The van der Waals surface area contributed by atoms with Gasteiger partial charge in [-0.1, -0.05) is 76.7 Å². The van der Waals surface area contributed by atoms with Crippen LogP contribution >= 0.6 is 7.82 Å². The van der Waals surface area contributed by atoms with E-state index in [1.165, 1.54) is 38.5 Å². The highest BCUT2D eigenvalue weighted by atomic mass is 31.2. The number of aliphatic hydroxyl groups is 4. The van der Waals surface area contributed by atoms with Gasteiger partial charge in [0.05, 0.1) is 12.1 Å². The Kier molecular flexibility index (Phi) is 9.76. The van der Waals surface area contributed by atoms with E-state index >= 15 is 0 Å². The fraction of sp³-hybridized carbons (Fsp3) is 0.920. The number of rotatable bonds is 4. The van der Waals surface area contributed by atoms with Gasteiger partial charge in [-0.2, -0.15) is 0 Å². The van der Waals surface area contributed by atoms with E-state index in [1.54, 1.807) is 11.1 Å². The Balaban J connectivity index is 1.60. The first kappa shape index (κ1) is 29.4. The third kappa shape index (κ3) is 6.60. The molecule has 0 radical (unpaired) electrons. The van der Waals surface area contributed by atoms with E-state index in [1.807, 2.05) is 6.08 Å². The van der Waals surface area contributed by atoms with Crippen molar-refractivity contribution < 1.29 is 44.0 Å². The predicted octanol–water partition coefficient (Wildman–Crippen LogP) is 1.81. The Hall–Kier alpha value is -0.590. The molecule has 1 saturated carbocycles. The molecule has 11 nitrogen and oxygen atoms in total. The molecule has 3 aliphatic heterocycles. The topological polar surface area (TPSA) is 172 Å². The van der Waals surface area contributed by atoms with Gasteiger partial charge in [-0.05, 0) is 25.5 Å². The van der Waals surface area contributed by atoms with Gasteiger partial charge in [0.25, 0.3) is 0 Å². The van der Waals surface area contributed by atoms with Crippen LogP contribution in [-0.2, 0) is 13.8 Å². The molecule has 2 bridgehead atoms. The number of piperidine rings is 1. The summed E-state index contributed by atoms with van der Waals surface area (Å²) in [5, 5.41) is 46.9. The van der Waals surface area contributed by atoms with Crippen LogP contribution in [0.25, 0.3) is 0 Å². The third-order valence-corrected chi connectivity index (χ3v) is 9.34. The maximum absolute atomic E-state index is 11.4. The van der Waals surface area contributed by atoms with Crippen molar-refractivity contribution in [2.24, 2.45) is 5.41 Å². The number of aliphatic hydroxyl groups excluding tert-OH is 4. The van der Waals surface area contributed by atoms with Crippen LogP contribution in [-0.4, -0.2) is 84.3 Å². The fourth-order valence-electron chi connectivity index (χ4n) is 6.74. The quantitative estimate of drug-likeness (QED) is 0.256. The molecule has 0 spiro atoms. The van der Waals surface area contributed by atoms with E-state index < -0.39 is 62.4 Å². The summed E-state index contributed by atoms with van der Waals surface area (Å²) in [7, 11) is -4.79. The summed E-state index contributed by atoms with van der Waals surface area (Å²) in [5.74, 6) is 0. The van der Waals surface area contributed by atoms with E-state index in [-0.39, 0.29) is 0 Å². The van der Waals surface area contributed by atoms with Gasteiger partial charge >= 0.3 is 7.82 Å². The maximum Gasteiger partial charge on any atom is 0.469 e. The maximum atomic E-state index is 11.4. The lowest BCUT2D eigenvalue weighted by molar-refractivity contribution is -0.207. The number of nitrogens with one attached hydrogen (secondary N) is 1. The van der Waals surface area contributed by atoms with Gasteiger partial charge in [0.2, 0.25) is 0 Å². The SMILES string of the molecule is O=P(O)(O)OCC1OC(N2C=CC34CCCCCCCCCCCCCC2(C3)C(O)NC4O)C(O)C1O. The Bertz CT molecular complexity index is 828. The van der Waals surface area contributed by atoms with Gasteiger partial charge in [0, 0.05) is 5.41 Å². The number of phosphoric ester groups is 1. The van der Waals surface area contributed by atoms with Gasteiger partial charge in [-0.25, -0.2) is 4.57 Å². The zero-order valence-corrected chi connectivity index (χ0v) is 22.4. The average Bonchev–Trinajstić information content (AvgIpc) is 3.12. The zero-order chi connectivity index (χ0) is 26.7. The first-order valence-corrected chi connectivity index (χ1v) is 15.4. The van der Waals surface area contributed by atoms with Crippen molar-refractivity contribution in [2.45, 2.75) is 132 Å². The lowest BCUT2D eigenvalue weighted by Gasteiger charge is -2.61. The minimum absolute atomic E-state index is 0.457. The van der Waals surface area contributed by atoms with Crippen molar-refractivity contribution in [3.05, 3.63) is 12.3 Å². The molecule has 4 rings (SSSR count). The van der Waals surface area contributed by atoms with Crippen LogP contribution in [0, 0.1) is 5.41 Å². The summed E-state index contributed by atoms with van der Waals surface area (Å²) in [6.07, 6.45) is 10.8. The number of hydrogen-bond acceptors (Lipinski definition) is 9. The molecule has 3 heterocycles. The summed E-state index contributed by atoms with van der Waals surface area (Å²) in [4.78, 5) is 19.9. The Labute approximate surface area is 219 Å². The average molecular weight is 549 g/mol. The highest BCUT2D eigenvalue weighted by Crippen LogP contribution is 2.52. The van der Waals surface area contributed by atoms with Crippen LogP contribution in [0.1, 0.15) is 89.9 Å². The van der Waals surface area contributed by atoms with Crippen molar-refractivity contribution in [2.75, 3.05) is 6.61 Å². The second-order valence-electron chi connectivity index (χ2n) is 11.4.